The van der Waals surface area contributed by atoms with E-state index in [9.17, 15) is 0 Å². The van der Waals surface area contributed by atoms with Gasteiger partial charge in [0.2, 0.25) is 0 Å². The molecule has 1 heterocycles. The summed E-state index contributed by atoms with van der Waals surface area (Å²) in [5.74, 6) is 0.833. The molecule has 2 rings (SSSR count). The van der Waals surface area contributed by atoms with Crippen LogP contribution < -0.4 is 0 Å². The fourth-order valence-corrected chi connectivity index (χ4v) is 3.98. The molecule has 1 aliphatic heterocycles. The number of hydrogen-bond acceptors (Lipinski definition) is 1. The van der Waals surface area contributed by atoms with E-state index in [1.807, 2.05) is 0 Å². The average molecular weight is 274 g/mol. The molecule has 0 spiro atoms. The molecule has 88 valence electrons. The molecule has 0 aromatic carbocycles. The Labute approximate surface area is 103 Å². The Morgan fingerprint density at radius 2 is 2.07 bits per heavy atom. The molecule has 2 aliphatic rings. The number of rotatable bonds is 4. The molecule has 1 saturated carbocycles. The highest BCUT2D eigenvalue weighted by Crippen LogP contribution is 2.44. The molecule has 15 heavy (non-hydrogen) atoms. The first-order valence-corrected chi connectivity index (χ1v) is 7.59. The SMILES string of the molecule is CC(C)C1CCCN1CC1(CBr)CCC1. The molecule has 1 unspecified atom stereocenters. The standard InChI is InChI=1S/C13H24BrN/c1-11(2)12-5-3-8-15(12)10-13(9-14)6-4-7-13/h11-12H,3-10H2,1-2H3. The van der Waals surface area contributed by atoms with Crippen molar-refractivity contribution in [3.63, 3.8) is 0 Å². The molecular formula is C13H24BrN. The lowest BCUT2D eigenvalue weighted by Crippen LogP contribution is -2.46. The van der Waals surface area contributed by atoms with Crippen LogP contribution in [0.1, 0.15) is 46.0 Å². The smallest absolute Gasteiger partial charge is 0.0119 e. The van der Waals surface area contributed by atoms with Gasteiger partial charge in [0.05, 0.1) is 0 Å². The van der Waals surface area contributed by atoms with E-state index in [1.165, 1.54) is 50.5 Å². The van der Waals surface area contributed by atoms with Crippen molar-refractivity contribution in [3.05, 3.63) is 0 Å². The van der Waals surface area contributed by atoms with Crippen molar-refractivity contribution in [2.75, 3.05) is 18.4 Å². The van der Waals surface area contributed by atoms with E-state index < -0.39 is 0 Å². The highest BCUT2D eigenvalue weighted by molar-refractivity contribution is 9.09. The van der Waals surface area contributed by atoms with Gasteiger partial charge in [0, 0.05) is 17.9 Å². The second-order valence-electron chi connectivity index (χ2n) is 5.91. The molecule has 0 amide bonds. The van der Waals surface area contributed by atoms with Crippen molar-refractivity contribution in [2.24, 2.45) is 11.3 Å². The van der Waals surface area contributed by atoms with Gasteiger partial charge in [-0.05, 0) is 43.6 Å². The molecule has 2 heteroatoms. The van der Waals surface area contributed by atoms with Crippen LogP contribution in [0.5, 0.6) is 0 Å². The van der Waals surface area contributed by atoms with Gasteiger partial charge in [-0.1, -0.05) is 36.2 Å². The first-order chi connectivity index (χ1) is 7.17. The monoisotopic (exact) mass is 273 g/mol. The number of hydrogen-bond donors (Lipinski definition) is 0. The third-order valence-electron chi connectivity index (χ3n) is 4.42. The minimum absolute atomic E-state index is 0.636. The van der Waals surface area contributed by atoms with Crippen LogP contribution in [0.25, 0.3) is 0 Å². The van der Waals surface area contributed by atoms with Crippen LogP contribution in [0.3, 0.4) is 0 Å². The molecule has 1 atom stereocenters. The topological polar surface area (TPSA) is 3.24 Å². The second kappa shape index (κ2) is 4.75. The van der Waals surface area contributed by atoms with Crippen LogP contribution in [-0.4, -0.2) is 29.4 Å². The maximum absolute atomic E-state index is 3.72. The summed E-state index contributed by atoms with van der Waals surface area (Å²) in [6, 6.07) is 0.863. The zero-order valence-electron chi connectivity index (χ0n) is 10.1. The zero-order chi connectivity index (χ0) is 10.9. The van der Waals surface area contributed by atoms with Crippen molar-refractivity contribution in [1.29, 1.82) is 0 Å². The Hall–Kier alpha value is 0.440. The lowest BCUT2D eigenvalue weighted by molar-refractivity contribution is 0.0722. The lowest BCUT2D eigenvalue weighted by atomic mass is 9.70. The normalized spacial score (nSPS) is 30.8. The van der Waals surface area contributed by atoms with Gasteiger partial charge in [0.1, 0.15) is 0 Å². The highest BCUT2D eigenvalue weighted by atomic mass is 79.9. The van der Waals surface area contributed by atoms with E-state index in [0.717, 1.165) is 12.0 Å². The summed E-state index contributed by atoms with van der Waals surface area (Å²) in [5.41, 5.74) is 0.636. The number of likely N-dealkylation sites (tertiary alicyclic amines) is 1. The summed E-state index contributed by atoms with van der Waals surface area (Å²) in [5, 5.41) is 1.21. The lowest BCUT2D eigenvalue weighted by Gasteiger charge is -2.45. The third-order valence-corrected chi connectivity index (χ3v) is 5.61. The summed E-state index contributed by atoms with van der Waals surface area (Å²) >= 11 is 3.72. The highest BCUT2D eigenvalue weighted by Gasteiger charge is 2.40. The van der Waals surface area contributed by atoms with Gasteiger partial charge in [0.15, 0.2) is 0 Å². The molecule has 0 bridgehead atoms. The third kappa shape index (κ3) is 2.41. The van der Waals surface area contributed by atoms with Crippen LogP contribution in [0.15, 0.2) is 0 Å². The summed E-state index contributed by atoms with van der Waals surface area (Å²) in [4.78, 5) is 2.77. The van der Waals surface area contributed by atoms with Crippen LogP contribution in [0, 0.1) is 11.3 Å². The fraction of sp³-hybridized carbons (Fsp3) is 1.00. The second-order valence-corrected chi connectivity index (χ2v) is 6.47. The molecule has 1 aliphatic carbocycles. The minimum Gasteiger partial charge on any atom is -0.300 e. The number of alkyl halides is 1. The Morgan fingerprint density at radius 1 is 1.33 bits per heavy atom. The van der Waals surface area contributed by atoms with Crippen LogP contribution in [0.4, 0.5) is 0 Å². The van der Waals surface area contributed by atoms with Crippen molar-refractivity contribution in [1.82, 2.24) is 4.90 Å². The zero-order valence-corrected chi connectivity index (χ0v) is 11.7. The van der Waals surface area contributed by atoms with E-state index in [0.29, 0.717) is 5.41 Å². The van der Waals surface area contributed by atoms with Gasteiger partial charge in [-0.2, -0.15) is 0 Å². The predicted octanol–water partition coefficient (Wildman–Crippen LogP) is 3.67. The fourth-order valence-electron chi connectivity index (χ4n) is 3.24. The maximum atomic E-state index is 3.72. The van der Waals surface area contributed by atoms with E-state index in [1.54, 1.807) is 0 Å². The van der Waals surface area contributed by atoms with Crippen molar-refractivity contribution >= 4 is 15.9 Å². The summed E-state index contributed by atoms with van der Waals surface area (Å²) in [6.45, 7) is 7.45. The van der Waals surface area contributed by atoms with E-state index in [2.05, 4.69) is 34.7 Å². The van der Waals surface area contributed by atoms with E-state index in [-0.39, 0.29) is 0 Å². The van der Waals surface area contributed by atoms with Gasteiger partial charge in [-0.3, -0.25) is 4.90 Å². The quantitative estimate of drug-likeness (QED) is 0.707. The van der Waals surface area contributed by atoms with E-state index in [4.69, 9.17) is 0 Å². The van der Waals surface area contributed by atoms with Gasteiger partial charge in [-0.15, -0.1) is 0 Å². The molecule has 2 fully saturated rings. The van der Waals surface area contributed by atoms with Crippen LogP contribution in [0.2, 0.25) is 0 Å². The molecule has 0 radical (unpaired) electrons. The van der Waals surface area contributed by atoms with Gasteiger partial charge in [-0.25, -0.2) is 0 Å². The molecule has 1 saturated heterocycles. The van der Waals surface area contributed by atoms with Crippen molar-refractivity contribution in [3.8, 4) is 0 Å². The summed E-state index contributed by atoms with van der Waals surface area (Å²) < 4.78 is 0. The largest absolute Gasteiger partial charge is 0.300 e. The number of nitrogens with zero attached hydrogens (tertiary/aromatic N) is 1. The average Bonchev–Trinajstić information content (AvgIpc) is 2.59. The Morgan fingerprint density at radius 3 is 2.53 bits per heavy atom. The summed E-state index contributed by atoms with van der Waals surface area (Å²) in [7, 11) is 0. The first-order valence-electron chi connectivity index (χ1n) is 6.47. The minimum atomic E-state index is 0.636. The van der Waals surface area contributed by atoms with E-state index >= 15 is 0 Å². The number of halogens is 1. The molecular weight excluding hydrogens is 250 g/mol. The predicted molar refractivity (Wildman–Crippen MR) is 69.5 cm³/mol. The molecule has 1 nitrogen and oxygen atoms in total. The van der Waals surface area contributed by atoms with Gasteiger partial charge in [0.25, 0.3) is 0 Å². The Bertz CT molecular complexity index is 205. The Kier molecular flexibility index (Phi) is 3.77. The first kappa shape index (κ1) is 11.9. The summed E-state index contributed by atoms with van der Waals surface area (Å²) in [6.07, 6.45) is 7.18. The molecule has 0 aromatic rings. The van der Waals surface area contributed by atoms with Crippen molar-refractivity contribution in [2.45, 2.75) is 52.0 Å². The van der Waals surface area contributed by atoms with Crippen molar-refractivity contribution < 1.29 is 0 Å². The van der Waals surface area contributed by atoms with Crippen LogP contribution in [-0.2, 0) is 0 Å². The maximum Gasteiger partial charge on any atom is 0.0119 e. The van der Waals surface area contributed by atoms with Gasteiger partial charge < -0.3 is 0 Å². The van der Waals surface area contributed by atoms with Gasteiger partial charge >= 0.3 is 0 Å². The Balaban J connectivity index is 1.92. The van der Waals surface area contributed by atoms with Crippen LogP contribution >= 0.6 is 15.9 Å². The molecule has 0 aromatic heterocycles. The molecule has 0 N–H and O–H groups in total.